The highest BCUT2D eigenvalue weighted by molar-refractivity contribution is 5.79. The van der Waals surface area contributed by atoms with E-state index in [0.29, 0.717) is 18.0 Å². The maximum atomic E-state index is 12.9. The minimum atomic E-state index is -0.488. The smallest absolute Gasteiger partial charge is 0.264 e. The van der Waals surface area contributed by atoms with Gasteiger partial charge in [0.25, 0.3) is 5.89 Å². The molecule has 6 heteroatoms. The molecule has 0 spiro atoms. The third-order valence-corrected chi connectivity index (χ3v) is 2.43. The standard InChI is InChI=1S/C13H13FN2O3/c1-2-3-12-15-13(19-16-12)8-18-11-5-4-10(14)6-9(11)7-17/h4-7H,2-3,8H2,1H3. The number of aryl methyl sites for hydroxylation is 1. The van der Waals surface area contributed by atoms with Crippen molar-refractivity contribution < 1.29 is 18.4 Å². The molecule has 0 atom stereocenters. The first-order valence-corrected chi connectivity index (χ1v) is 5.92. The number of carbonyl (C=O) groups is 1. The Bertz CT molecular complexity index is 569. The Kier molecular flexibility index (Phi) is 4.22. The molecular formula is C13H13FN2O3. The molecule has 0 amide bonds. The number of nitrogens with zero attached hydrogens (tertiary/aromatic N) is 2. The molecule has 1 aromatic carbocycles. The van der Waals surface area contributed by atoms with Crippen molar-refractivity contribution in [2.24, 2.45) is 0 Å². The molecule has 5 nitrogen and oxygen atoms in total. The highest BCUT2D eigenvalue weighted by Crippen LogP contribution is 2.19. The van der Waals surface area contributed by atoms with Crippen LogP contribution in [0.3, 0.4) is 0 Å². The van der Waals surface area contributed by atoms with E-state index in [9.17, 15) is 9.18 Å². The normalized spacial score (nSPS) is 10.4. The van der Waals surface area contributed by atoms with Gasteiger partial charge in [-0.1, -0.05) is 12.1 Å². The molecule has 0 bridgehead atoms. The van der Waals surface area contributed by atoms with Crippen molar-refractivity contribution in [3.05, 3.63) is 41.3 Å². The van der Waals surface area contributed by atoms with Gasteiger partial charge in [-0.2, -0.15) is 4.98 Å². The molecule has 1 aromatic heterocycles. The van der Waals surface area contributed by atoms with Crippen LogP contribution in [0, 0.1) is 5.82 Å². The molecule has 0 unspecified atom stereocenters. The molecular weight excluding hydrogens is 251 g/mol. The summed E-state index contributed by atoms with van der Waals surface area (Å²) in [6.45, 7) is 2.06. The Balaban J connectivity index is 2.03. The van der Waals surface area contributed by atoms with E-state index in [2.05, 4.69) is 10.1 Å². The summed E-state index contributed by atoms with van der Waals surface area (Å²) >= 11 is 0. The summed E-state index contributed by atoms with van der Waals surface area (Å²) in [6, 6.07) is 3.72. The number of halogens is 1. The Morgan fingerprint density at radius 2 is 2.32 bits per heavy atom. The Morgan fingerprint density at radius 3 is 3.05 bits per heavy atom. The van der Waals surface area contributed by atoms with Crippen LogP contribution in [0.1, 0.15) is 35.4 Å². The van der Waals surface area contributed by atoms with Crippen molar-refractivity contribution in [1.82, 2.24) is 10.1 Å². The molecule has 0 aliphatic rings. The molecule has 19 heavy (non-hydrogen) atoms. The fourth-order valence-electron chi connectivity index (χ4n) is 1.56. The SMILES string of the molecule is CCCc1noc(COc2ccc(F)cc2C=O)n1. The van der Waals surface area contributed by atoms with Crippen molar-refractivity contribution in [3.8, 4) is 5.75 Å². The molecule has 0 saturated carbocycles. The zero-order chi connectivity index (χ0) is 13.7. The maximum absolute atomic E-state index is 12.9. The first-order chi connectivity index (χ1) is 9.22. The molecule has 2 rings (SSSR count). The van der Waals surface area contributed by atoms with Crippen LogP contribution < -0.4 is 4.74 Å². The van der Waals surface area contributed by atoms with Gasteiger partial charge in [0.15, 0.2) is 18.7 Å². The number of hydrogen-bond donors (Lipinski definition) is 0. The quantitative estimate of drug-likeness (QED) is 0.750. The molecule has 1 heterocycles. The second-order valence-corrected chi connectivity index (χ2v) is 3.94. The fraction of sp³-hybridized carbons (Fsp3) is 0.308. The third-order valence-electron chi connectivity index (χ3n) is 2.43. The van der Waals surface area contributed by atoms with Crippen LogP contribution in [0.25, 0.3) is 0 Å². The topological polar surface area (TPSA) is 65.2 Å². The van der Waals surface area contributed by atoms with Crippen LogP contribution in [0.2, 0.25) is 0 Å². The van der Waals surface area contributed by atoms with Crippen LogP contribution in [0.4, 0.5) is 4.39 Å². The van der Waals surface area contributed by atoms with E-state index < -0.39 is 5.82 Å². The highest BCUT2D eigenvalue weighted by atomic mass is 19.1. The average Bonchev–Trinajstić information content (AvgIpc) is 2.85. The first-order valence-electron chi connectivity index (χ1n) is 5.92. The summed E-state index contributed by atoms with van der Waals surface area (Å²) in [5, 5.41) is 3.78. The molecule has 0 N–H and O–H groups in total. The lowest BCUT2D eigenvalue weighted by molar-refractivity contribution is 0.111. The number of aldehydes is 1. The van der Waals surface area contributed by atoms with Crippen LogP contribution in [-0.4, -0.2) is 16.4 Å². The molecule has 2 aromatic rings. The number of ether oxygens (including phenoxy) is 1. The van der Waals surface area contributed by atoms with E-state index in [1.54, 1.807) is 0 Å². The summed E-state index contributed by atoms with van der Waals surface area (Å²) in [5.74, 6) is 0.740. The molecule has 100 valence electrons. The Hall–Kier alpha value is -2.24. The van der Waals surface area contributed by atoms with E-state index in [1.807, 2.05) is 6.92 Å². The predicted molar refractivity (Wildman–Crippen MR) is 64.4 cm³/mol. The summed E-state index contributed by atoms with van der Waals surface area (Å²) in [5.41, 5.74) is 0.147. The summed E-state index contributed by atoms with van der Waals surface area (Å²) in [4.78, 5) is 14.9. The number of hydrogen-bond acceptors (Lipinski definition) is 5. The van der Waals surface area contributed by atoms with Gasteiger partial charge in [-0.25, -0.2) is 4.39 Å². The van der Waals surface area contributed by atoms with Gasteiger partial charge in [0.2, 0.25) is 0 Å². The van der Waals surface area contributed by atoms with Gasteiger partial charge in [-0.15, -0.1) is 0 Å². The van der Waals surface area contributed by atoms with E-state index in [1.165, 1.54) is 12.1 Å². The lowest BCUT2D eigenvalue weighted by atomic mass is 10.2. The molecule has 0 aliphatic carbocycles. The first kappa shape index (κ1) is 13.2. The van der Waals surface area contributed by atoms with Crippen molar-refractivity contribution in [2.45, 2.75) is 26.4 Å². The van der Waals surface area contributed by atoms with Crippen LogP contribution in [-0.2, 0) is 13.0 Å². The zero-order valence-electron chi connectivity index (χ0n) is 10.4. The van der Waals surface area contributed by atoms with Crippen molar-refractivity contribution in [1.29, 1.82) is 0 Å². The van der Waals surface area contributed by atoms with E-state index in [-0.39, 0.29) is 17.9 Å². The molecule has 0 fully saturated rings. The minimum absolute atomic E-state index is 0.0448. The number of aromatic nitrogens is 2. The lowest BCUT2D eigenvalue weighted by Gasteiger charge is -2.05. The van der Waals surface area contributed by atoms with Crippen LogP contribution >= 0.6 is 0 Å². The average molecular weight is 264 g/mol. The van der Waals surface area contributed by atoms with Gasteiger partial charge in [0.05, 0.1) is 5.56 Å². The minimum Gasteiger partial charge on any atom is -0.483 e. The largest absolute Gasteiger partial charge is 0.483 e. The van der Waals surface area contributed by atoms with Gasteiger partial charge >= 0.3 is 0 Å². The van der Waals surface area contributed by atoms with Crippen molar-refractivity contribution in [3.63, 3.8) is 0 Å². The highest BCUT2D eigenvalue weighted by Gasteiger charge is 2.09. The van der Waals surface area contributed by atoms with Gasteiger partial charge in [0, 0.05) is 6.42 Å². The molecule has 0 aliphatic heterocycles. The zero-order valence-corrected chi connectivity index (χ0v) is 10.4. The predicted octanol–water partition coefficient (Wildman–Crippen LogP) is 2.55. The summed E-state index contributed by atoms with van der Waals surface area (Å²) < 4.78 is 23.3. The molecule has 0 saturated heterocycles. The number of carbonyl (C=O) groups excluding carboxylic acids is 1. The summed E-state index contributed by atoms with van der Waals surface area (Å²) in [6.07, 6.45) is 2.20. The summed E-state index contributed by atoms with van der Waals surface area (Å²) in [7, 11) is 0. The second kappa shape index (κ2) is 6.08. The van der Waals surface area contributed by atoms with Crippen molar-refractivity contribution >= 4 is 6.29 Å². The van der Waals surface area contributed by atoms with Gasteiger partial charge < -0.3 is 9.26 Å². The van der Waals surface area contributed by atoms with Crippen molar-refractivity contribution in [2.75, 3.05) is 0 Å². The van der Waals surface area contributed by atoms with E-state index in [0.717, 1.165) is 18.9 Å². The van der Waals surface area contributed by atoms with Crippen LogP contribution in [0.15, 0.2) is 22.7 Å². The lowest BCUT2D eigenvalue weighted by Crippen LogP contribution is -1.99. The maximum Gasteiger partial charge on any atom is 0.264 e. The third kappa shape index (κ3) is 3.37. The molecule has 0 radical (unpaired) electrons. The Morgan fingerprint density at radius 1 is 1.47 bits per heavy atom. The van der Waals surface area contributed by atoms with Gasteiger partial charge in [0.1, 0.15) is 11.6 Å². The van der Waals surface area contributed by atoms with E-state index in [4.69, 9.17) is 9.26 Å². The van der Waals surface area contributed by atoms with Gasteiger partial charge in [-0.3, -0.25) is 4.79 Å². The van der Waals surface area contributed by atoms with Gasteiger partial charge in [-0.05, 0) is 24.6 Å². The number of benzene rings is 1. The monoisotopic (exact) mass is 264 g/mol. The fourth-order valence-corrected chi connectivity index (χ4v) is 1.56. The van der Waals surface area contributed by atoms with Crippen LogP contribution in [0.5, 0.6) is 5.75 Å². The second-order valence-electron chi connectivity index (χ2n) is 3.94. The van der Waals surface area contributed by atoms with E-state index >= 15 is 0 Å². The number of rotatable bonds is 6. The Labute approximate surface area is 109 Å².